The van der Waals surface area contributed by atoms with E-state index in [9.17, 15) is 4.79 Å². The topological polar surface area (TPSA) is 46.9 Å². The number of hydrogen-bond donors (Lipinski definition) is 1. The summed E-state index contributed by atoms with van der Waals surface area (Å²) in [6, 6.07) is 11.5. The molecule has 142 valence electrons. The standard InChI is InChI=1S/C21H25N3O2S/c1-14-12-15(2)19-18(13-14)22-21(27-19)24(11-10-23(3)4)20(25)16-6-8-17(26-5)9-7-16/h6-9,12-13H,10-11H2,1-5H3/p+1. The number of carbonyl (C=O) groups excluding carboxylic acids is 1. The zero-order chi connectivity index (χ0) is 19.6. The van der Waals surface area contributed by atoms with Crippen molar-refractivity contribution in [2.24, 2.45) is 0 Å². The van der Waals surface area contributed by atoms with Gasteiger partial charge in [0.05, 0.1) is 44.5 Å². The fraction of sp³-hybridized carbons (Fsp3) is 0.333. The fourth-order valence-corrected chi connectivity index (χ4v) is 4.03. The van der Waals surface area contributed by atoms with Crippen LogP contribution in [0.2, 0.25) is 0 Å². The van der Waals surface area contributed by atoms with Crippen LogP contribution in [0.1, 0.15) is 21.5 Å². The summed E-state index contributed by atoms with van der Waals surface area (Å²) in [7, 11) is 5.79. The number of nitrogens with one attached hydrogen (secondary N) is 1. The summed E-state index contributed by atoms with van der Waals surface area (Å²) in [5.74, 6) is 0.703. The predicted molar refractivity (Wildman–Crippen MR) is 111 cm³/mol. The van der Waals surface area contributed by atoms with Crippen molar-refractivity contribution in [1.29, 1.82) is 0 Å². The second-order valence-corrected chi connectivity index (χ2v) is 8.05. The molecule has 0 fully saturated rings. The van der Waals surface area contributed by atoms with Gasteiger partial charge in [0.15, 0.2) is 5.13 Å². The molecule has 0 aliphatic carbocycles. The van der Waals surface area contributed by atoms with Crippen molar-refractivity contribution in [3.63, 3.8) is 0 Å². The van der Waals surface area contributed by atoms with E-state index in [1.165, 1.54) is 16.0 Å². The minimum Gasteiger partial charge on any atom is -0.497 e. The Kier molecular flexibility index (Phi) is 5.77. The summed E-state index contributed by atoms with van der Waals surface area (Å²) in [6.45, 7) is 5.62. The van der Waals surface area contributed by atoms with Crippen molar-refractivity contribution in [3.8, 4) is 5.75 Å². The molecule has 6 heteroatoms. The van der Waals surface area contributed by atoms with Crippen molar-refractivity contribution in [2.45, 2.75) is 13.8 Å². The number of hydrogen-bond acceptors (Lipinski definition) is 4. The third-order valence-corrected chi connectivity index (χ3v) is 5.69. The molecular formula is C21H26N3O2S+. The van der Waals surface area contributed by atoms with Crippen LogP contribution in [0.25, 0.3) is 10.2 Å². The van der Waals surface area contributed by atoms with E-state index in [-0.39, 0.29) is 5.91 Å². The van der Waals surface area contributed by atoms with Crippen LogP contribution in [0.15, 0.2) is 36.4 Å². The largest absolute Gasteiger partial charge is 0.497 e. The van der Waals surface area contributed by atoms with Crippen LogP contribution < -0.4 is 14.5 Å². The summed E-state index contributed by atoms with van der Waals surface area (Å²) < 4.78 is 6.34. The molecule has 2 aromatic carbocycles. The minimum atomic E-state index is -0.0349. The molecule has 1 aromatic heterocycles. The Labute approximate surface area is 164 Å². The summed E-state index contributed by atoms with van der Waals surface area (Å²) in [6.07, 6.45) is 0. The van der Waals surface area contributed by atoms with Gasteiger partial charge in [-0.1, -0.05) is 17.4 Å². The lowest BCUT2D eigenvalue weighted by molar-refractivity contribution is -0.856. The van der Waals surface area contributed by atoms with Gasteiger partial charge >= 0.3 is 0 Å². The van der Waals surface area contributed by atoms with Crippen LogP contribution in [0.3, 0.4) is 0 Å². The molecule has 0 aliphatic heterocycles. The van der Waals surface area contributed by atoms with Gasteiger partial charge < -0.3 is 9.64 Å². The van der Waals surface area contributed by atoms with E-state index in [1.807, 2.05) is 12.1 Å². The molecule has 0 radical (unpaired) electrons. The minimum absolute atomic E-state index is 0.0349. The lowest BCUT2D eigenvalue weighted by Crippen LogP contribution is -3.06. The molecule has 0 spiro atoms. The number of nitrogens with zero attached hydrogens (tertiary/aromatic N) is 2. The zero-order valence-corrected chi connectivity index (χ0v) is 17.3. The number of benzene rings is 2. The molecule has 3 aromatic rings. The summed E-state index contributed by atoms with van der Waals surface area (Å²) in [4.78, 5) is 21.1. The molecule has 0 bridgehead atoms. The highest BCUT2D eigenvalue weighted by molar-refractivity contribution is 7.22. The van der Waals surface area contributed by atoms with E-state index < -0.39 is 0 Å². The summed E-state index contributed by atoms with van der Waals surface area (Å²) in [5, 5.41) is 0.751. The first-order valence-electron chi connectivity index (χ1n) is 9.02. The van der Waals surface area contributed by atoms with Crippen LogP contribution >= 0.6 is 11.3 Å². The number of fused-ring (bicyclic) bond motifs is 1. The van der Waals surface area contributed by atoms with Gasteiger partial charge in [0, 0.05) is 5.56 Å². The third kappa shape index (κ3) is 4.28. The van der Waals surface area contributed by atoms with Crippen LogP contribution in [0.4, 0.5) is 5.13 Å². The van der Waals surface area contributed by atoms with Crippen LogP contribution in [-0.4, -0.2) is 45.2 Å². The zero-order valence-electron chi connectivity index (χ0n) is 16.5. The number of aryl methyl sites for hydroxylation is 2. The van der Waals surface area contributed by atoms with Gasteiger partial charge in [0.2, 0.25) is 0 Å². The molecule has 0 aliphatic rings. The number of anilines is 1. The quantitative estimate of drug-likeness (QED) is 0.711. The first kappa shape index (κ1) is 19.3. The van der Waals surface area contributed by atoms with Crippen molar-refractivity contribution in [3.05, 3.63) is 53.1 Å². The van der Waals surface area contributed by atoms with Gasteiger partial charge in [-0.2, -0.15) is 0 Å². The molecule has 27 heavy (non-hydrogen) atoms. The number of thiazole rings is 1. The summed E-state index contributed by atoms with van der Waals surface area (Å²) >= 11 is 1.58. The first-order chi connectivity index (χ1) is 12.9. The van der Waals surface area contributed by atoms with E-state index in [4.69, 9.17) is 9.72 Å². The molecule has 0 saturated carbocycles. The molecule has 0 unspecified atom stereocenters. The number of carbonyl (C=O) groups is 1. The van der Waals surface area contributed by atoms with Gasteiger partial charge in [-0.3, -0.25) is 9.69 Å². The van der Waals surface area contributed by atoms with Crippen molar-refractivity contribution < 1.29 is 14.4 Å². The maximum Gasteiger partial charge on any atom is 0.260 e. The number of ether oxygens (including phenoxy) is 1. The highest BCUT2D eigenvalue weighted by Gasteiger charge is 2.22. The first-order valence-corrected chi connectivity index (χ1v) is 9.83. The SMILES string of the molecule is COc1ccc(C(=O)N(CC[NH+](C)C)c2nc3cc(C)cc(C)c3s2)cc1. The highest BCUT2D eigenvalue weighted by atomic mass is 32.1. The Bertz CT molecular complexity index is 948. The third-order valence-electron chi connectivity index (χ3n) is 4.46. The van der Waals surface area contributed by atoms with Crippen LogP contribution in [-0.2, 0) is 0 Å². The Hall–Kier alpha value is -2.44. The summed E-state index contributed by atoms with van der Waals surface area (Å²) in [5.41, 5.74) is 3.97. The van der Waals surface area contributed by atoms with Crippen LogP contribution in [0.5, 0.6) is 5.75 Å². The van der Waals surface area contributed by atoms with Gasteiger partial charge in [-0.05, 0) is 55.3 Å². The Morgan fingerprint density at radius 1 is 1.19 bits per heavy atom. The Morgan fingerprint density at radius 3 is 2.52 bits per heavy atom. The predicted octanol–water partition coefficient (Wildman–Crippen LogP) is 2.71. The maximum absolute atomic E-state index is 13.2. The average molecular weight is 385 g/mol. The molecule has 1 N–H and O–H groups in total. The molecule has 0 atom stereocenters. The van der Waals surface area contributed by atoms with Crippen molar-refractivity contribution in [2.75, 3.05) is 39.2 Å². The second kappa shape index (κ2) is 8.06. The average Bonchev–Trinajstić information content (AvgIpc) is 3.05. The van der Waals surface area contributed by atoms with Gasteiger partial charge in [0.25, 0.3) is 5.91 Å². The number of amides is 1. The fourth-order valence-electron chi connectivity index (χ4n) is 2.99. The maximum atomic E-state index is 13.2. The van der Waals surface area contributed by atoms with E-state index in [0.29, 0.717) is 12.1 Å². The second-order valence-electron chi connectivity index (χ2n) is 7.07. The number of quaternary nitrogens is 1. The van der Waals surface area contributed by atoms with E-state index in [1.54, 1.807) is 35.5 Å². The van der Waals surface area contributed by atoms with Gasteiger partial charge in [0.1, 0.15) is 5.75 Å². The van der Waals surface area contributed by atoms with Gasteiger partial charge in [-0.25, -0.2) is 4.98 Å². The molecule has 1 amide bonds. The van der Waals surface area contributed by atoms with Crippen LogP contribution in [0, 0.1) is 13.8 Å². The molecule has 5 nitrogen and oxygen atoms in total. The Morgan fingerprint density at radius 2 is 1.89 bits per heavy atom. The number of aromatic nitrogens is 1. The van der Waals surface area contributed by atoms with E-state index >= 15 is 0 Å². The number of methoxy groups -OCH3 is 1. The molecule has 1 heterocycles. The van der Waals surface area contributed by atoms with Crippen molar-refractivity contribution >= 4 is 32.6 Å². The molecule has 0 saturated heterocycles. The number of likely N-dealkylation sites (N-methyl/N-ethyl adjacent to an activating group) is 1. The Balaban J connectivity index is 1.99. The van der Waals surface area contributed by atoms with E-state index in [0.717, 1.165) is 27.6 Å². The van der Waals surface area contributed by atoms with E-state index in [2.05, 4.69) is 40.1 Å². The number of rotatable bonds is 6. The normalized spacial score (nSPS) is 11.2. The highest BCUT2D eigenvalue weighted by Crippen LogP contribution is 2.32. The molecule has 3 rings (SSSR count). The smallest absolute Gasteiger partial charge is 0.260 e. The van der Waals surface area contributed by atoms with Crippen molar-refractivity contribution in [1.82, 2.24) is 4.98 Å². The monoisotopic (exact) mass is 384 g/mol. The lowest BCUT2D eigenvalue weighted by Gasteiger charge is -2.20. The lowest BCUT2D eigenvalue weighted by atomic mass is 10.1. The van der Waals surface area contributed by atoms with Gasteiger partial charge in [-0.15, -0.1) is 0 Å². The molecular weight excluding hydrogens is 358 g/mol.